The van der Waals surface area contributed by atoms with Crippen LogP contribution in [0, 0.1) is 0 Å². The van der Waals surface area contributed by atoms with Gasteiger partial charge in [0.2, 0.25) is 22.5 Å². The summed E-state index contributed by atoms with van der Waals surface area (Å²) >= 11 is 26.5. The number of hydrogen-bond donors (Lipinski definition) is 0. The fourth-order valence-electron chi connectivity index (χ4n) is 4.40. The summed E-state index contributed by atoms with van der Waals surface area (Å²) in [5, 5.41) is -2.01. The Bertz CT molecular complexity index is 1520. The van der Waals surface area contributed by atoms with Crippen LogP contribution in [0.3, 0.4) is 0 Å². The van der Waals surface area contributed by atoms with Crippen molar-refractivity contribution in [3.05, 3.63) is 49.4 Å². The minimum atomic E-state index is -5.16. The first-order chi connectivity index (χ1) is 20.9. The molecule has 238 valence electrons. The molecule has 16 heteroatoms. The standard InChI is InChI=1S/C28H27Cl4O11P/c1-36-12-9-10-14(13(11-12)37-2)44(35,27(33)15-17(29)21(38-3)25(42-7)22(39-4)18(15)30)28(34)16-19(31)23(40-5)26(43-8)24(41-6)20(16)32/h9-11H,1-8H3. The second-order valence-corrected chi connectivity index (χ2v) is 12.5. The normalized spacial score (nSPS) is 11.0. The number of methoxy groups -OCH3 is 8. The first-order valence-electron chi connectivity index (χ1n) is 12.2. The van der Waals surface area contributed by atoms with Gasteiger partial charge in [-0.15, -0.1) is 0 Å². The van der Waals surface area contributed by atoms with E-state index in [4.69, 9.17) is 84.3 Å². The minimum absolute atomic E-state index is 0.0551. The summed E-state index contributed by atoms with van der Waals surface area (Å²) in [6, 6.07) is 3.94. The maximum Gasteiger partial charge on any atom is 0.252 e. The Morgan fingerprint density at radius 2 is 0.864 bits per heavy atom. The molecule has 3 aromatic rings. The molecular weight excluding hydrogens is 685 g/mol. The van der Waals surface area contributed by atoms with Gasteiger partial charge in [-0.2, -0.15) is 0 Å². The molecule has 3 rings (SSSR count). The number of rotatable bonds is 13. The molecule has 0 radical (unpaired) electrons. The van der Waals surface area contributed by atoms with Crippen LogP contribution in [0.4, 0.5) is 0 Å². The van der Waals surface area contributed by atoms with E-state index in [0.29, 0.717) is 0 Å². The molecule has 0 aliphatic carbocycles. The smallest absolute Gasteiger partial charge is 0.252 e. The maximum absolute atomic E-state index is 15.4. The summed E-state index contributed by atoms with van der Waals surface area (Å²) in [6.07, 6.45) is 0. The van der Waals surface area contributed by atoms with Crippen molar-refractivity contribution in [3.8, 4) is 46.0 Å². The Morgan fingerprint density at radius 1 is 0.523 bits per heavy atom. The van der Waals surface area contributed by atoms with Crippen molar-refractivity contribution in [1.82, 2.24) is 0 Å². The van der Waals surface area contributed by atoms with Gasteiger partial charge in [-0.3, -0.25) is 9.59 Å². The lowest BCUT2D eigenvalue weighted by atomic mass is 10.2. The van der Waals surface area contributed by atoms with Crippen LogP contribution in [-0.2, 0) is 4.57 Å². The molecule has 0 amide bonds. The molecule has 0 aliphatic heterocycles. The van der Waals surface area contributed by atoms with E-state index < -0.39 is 49.4 Å². The van der Waals surface area contributed by atoms with Crippen LogP contribution < -0.4 is 43.2 Å². The van der Waals surface area contributed by atoms with E-state index in [9.17, 15) is 9.59 Å². The predicted molar refractivity (Wildman–Crippen MR) is 168 cm³/mol. The zero-order valence-corrected chi connectivity index (χ0v) is 28.6. The van der Waals surface area contributed by atoms with Gasteiger partial charge in [0.15, 0.2) is 23.0 Å². The third-order valence-electron chi connectivity index (χ3n) is 6.45. The lowest BCUT2D eigenvalue weighted by molar-refractivity contribution is 0.104. The van der Waals surface area contributed by atoms with Crippen molar-refractivity contribution >= 4 is 69.9 Å². The van der Waals surface area contributed by atoms with Gasteiger partial charge in [-0.25, -0.2) is 0 Å². The molecule has 11 nitrogen and oxygen atoms in total. The number of carbonyl (C=O) groups is 2. The van der Waals surface area contributed by atoms with Gasteiger partial charge in [-0.1, -0.05) is 46.4 Å². The van der Waals surface area contributed by atoms with Crippen LogP contribution in [0.1, 0.15) is 20.7 Å². The Balaban J connectivity index is 2.58. The summed E-state index contributed by atoms with van der Waals surface area (Å²) in [5.74, 6) is -0.697. The number of carbonyl (C=O) groups excluding carboxylic acids is 2. The molecule has 0 spiro atoms. The minimum Gasteiger partial charge on any atom is -0.497 e. The fourth-order valence-corrected chi connectivity index (χ4v) is 8.58. The van der Waals surface area contributed by atoms with E-state index in [2.05, 4.69) is 0 Å². The predicted octanol–water partition coefficient (Wildman–Crippen LogP) is 7.04. The van der Waals surface area contributed by atoms with E-state index in [0.717, 1.165) is 0 Å². The van der Waals surface area contributed by atoms with Gasteiger partial charge in [0.1, 0.15) is 11.5 Å². The Kier molecular flexibility index (Phi) is 11.4. The molecule has 0 aromatic heterocycles. The Hall–Kier alpha value is -3.21. The van der Waals surface area contributed by atoms with Crippen molar-refractivity contribution in [3.63, 3.8) is 0 Å². The van der Waals surface area contributed by atoms with Gasteiger partial charge in [0, 0.05) is 6.07 Å². The fraction of sp³-hybridized carbons (Fsp3) is 0.286. The maximum atomic E-state index is 15.4. The SMILES string of the molecule is COc1ccc(P(=O)(C(=O)c2c(Cl)c(OC)c(OC)c(OC)c2Cl)C(=O)c2c(Cl)c(OC)c(OC)c(OC)c2Cl)c(OC)c1. The van der Waals surface area contributed by atoms with Crippen LogP contribution in [-0.4, -0.2) is 67.9 Å². The topological polar surface area (TPSA) is 125 Å². The molecule has 0 aliphatic rings. The highest BCUT2D eigenvalue weighted by molar-refractivity contribution is 8.01. The van der Waals surface area contributed by atoms with Crippen molar-refractivity contribution < 1.29 is 52.0 Å². The summed E-state index contributed by atoms with van der Waals surface area (Å²) in [4.78, 5) is 29.3. The van der Waals surface area contributed by atoms with Crippen LogP contribution >= 0.6 is 53.5 Å². The molecule has 0 heterocycles. The number of ether oxygens (including phenoxy) is 8. The summed E-state index contributed by atoms with van der Waals surface area (Å²) in [7, 11) is 5.05. The highest BCUT2D eigenvalue weighted by atomic mass is 35.5. The molecule has 3 aromatic carbocycles. The van der Waals surface area contributed by atoms with Crippen LogP contribution in [0.5, 0.6) is 46.0 Å². The first-order valence-corrected chi connectivity index (χ1v) is 15.4. The van der Waals surface area contributed by atoms with Crippen molar-refractivity contribution in [2.45, 2.75) is 0 Å². The molecule has 0 N–H and O–H groups in total. The van der Waals surface area contributed by atoms with Gasteiger partial charge < -0.3 is 42.5 Å². The molecule has 0 saturated carbocycles. The van der Waals surface area contributed by atoms with Gasteiger partial charge >= 0.3 is 0 Å². The molecule has 0 unspecified atom stereocenters. The summed E-state index contributed by atoms with van der Waals surface area (Å²) < 4.78 is 58.3. The third kappa shape index (κ3) is 5.56. The summed E-state index contributed by atoms with van der Waals surface area (Å²) in [5.41, 5.74) is -3.81. The van der Waals surface area contributed by atoms with Crippen LogP contribution in [0.2, 0.25) is 20.1 Å². The highest BCUT2D eigenvalue weighted by Gasteiger charge is 2.50. The lowest BCUT2D eigenvalue weighted by Crippen LogP contribution is -2.23. The van der Waals surface area contributed by atoms with Gasteiger partial charge in [0.25, 0.3) is 7.14 Å². The average Bonchev–Trinajstić information content (AvgIpc) is 3.03. The van der Waals surface area contributed by atoms with E-state index in [1.807, 2.05) is 0 Å². The van der Waals surface area contributed by atoms with Gasteiger partial charge in [-0.05, 0) is 12.1 Å². The highest BCUT2D eigenvalue weighted by Crippen LogP contribution is 2.61. The number of benzene rings is 3. The van der Waals surface area contributed by atoms with Crippen molar-refractivity contribution in [2.24, 2.45) is 0 Å². The quantitative estimate of drug-likeness (QED) is 0.170. The number of halogens is 4. The average molecular weight is 712 g/mol. The molecule has 0 fully saturated rings. The van der Waals surface area contributed by atoms with E-state index in [1.54, 1.807) is 0 Å². The summed E-state index contributed by atoms with van der Waals surface area (Å²) in [6.45, 7) is 0. The van der Waals surface area contributed by atoms with E-state index in [-0.39, 0.29) is 51.3 Å². The molecule has 0 atom stereocenters. The van der Waals surface area contributed by atoms with E-state index >= 15 is 4.57 Å². The second-order valence-electron chi connectivity index (χ2n) is 8.46. The Labute approximate surface area is 273 Å². The largest absolute Gasteiger partial charge is 0.497 e. The second kappa shape index (κ2) is 14.3. The van der Waals surface area contributed by atoms with Crippen molar-refractivity contribution in [2.75, 3.05) is 56.9 Å². The zero-order valence-electron chi connectivity index (χ0n) is 24.7. The van der Waals surface area contributed by atoms with Crippen LogP contribution in [0.15, 0.2) is 18.2 Å². The monoisotopic (exact) mass is 710 g/mol. The molecular formula is C28H27Cl4O11P. The third-order valence-corrected chi connectivity index (χ3v) is 10.5. The van der Waals surface area contributed by atoms with Gasteiger partial charge in [0.05, 0.1) is 93.4 Å². The zero-order chi connectivity index (χ0) is 33.1. The molecule has 0 saturated heterocycles. The molecule has 0 bridgehead atoms. The molecule has 44 heavy (non-hydrogen) atoms. The van der Waals surface area contributed by atoms with E-state index in [1.165, 1.54) is 75.1 Å². The Morgan fingerprint density at radius 3 is 1.14 bits per heavy atom. The van der Waals surface area contributed by atoms with Crippen LogP contribution in [0.25, 0.3) is 0 Å². The first kappa shape index (κ1) is 35.3. The van der Waals surface area contributed by atoms with Crippen molar-refractivity contribution in [1.29, 1.82) is 0 Å². The lowest BCUT2D eigenvalue weighted by Gasteiger charge is -2.24. The number of hydrogen-bond acceptors (Lipinski definition) is 11.